The summed E-state index contributed by atoms with van der Waals surface area (Å²) in [6, 6.07) is 11.0. The molecule has 1 unspecified atom stereocenters. The van der Waals surface area contributed by atoms with Crippen LogP contribution in [0.25, 0.3) is 0 Å². The van der Waals surface area contributed by atoms with Gasteiger partial charge in [-0.25, -0.2) is 0 Å². The first-order valence-electron chi connectivity index (χ1n) is 6.22. The fourth-order valence-corrected chi connectivity index (χ4v) is 1.61. The topological polar surface area (TPSA) is 12.0 Å². The number of nitrogens with one attached hydrogen (secondary N) is 1. The third kappa shape index (κ3) is 6.14. The van der Waals surface area contributed by atoms with Crippen LogP contribution in [0.4, 0.5) is 0 Å². The van der Waals surface area contributed by atoms with Crippen LogP contribution in [0.2, 0.25) is 0 Å². The second-order valence-corrected chi connectivity index (χ2v) is 5.43. The predicted molar refractivity (Wildman–Crippen MR) is 74.8 cm³/mol. The van der Waals surface area contributed by atoms with Gasteiger partial charge in [0.1, 0.15) is 0 Å². The number of likely N-dealkylation sites (N-methyl/N-ethyl adjacent to an activating group) is 1. The molecule has 1 atom stereocenters. The lowest BCUT2D eigenvalue weighted by Crippen LogP contribution is -2.27. The predicted octanol–water partition coefficient (Wildman–Crippen LogP) is 3.26. The average molecular weight is 229 g/mol. The minimum Gasteiger partial charge on any atom is -0.316 e. The molecule has 0 aliphatic rings. The molecule has 1 aromatic rings. The fourth-order valence-electron chi connectivity index (χ4n) is 1.61. The first-order chi connectivity index (χ1) is 8.01. The molecule has 0 amide bonds. The highest BCUT2D eigenvalue weighted by Crippen LogP contribution is 2.11. The van der Waals surface area contributed by atoms with E-state index in [0.717, 1.165) is 12.8 Å². The van der Waals surface area contributed by atoms with E-state index in [1.165, 1.54) is 5.56 Å². The summed E-state index contributed by atoms with van der Waals surface area (Å²) in [5.74, 6) is 6.57. The molecule has 1 nitrogen and oxygen atoms in total. The second-order valence-electron chi connectivity index (χ2n) is 5.43. The second kappa shape index (κ2) is 6.47. The number of hydrogen-bond donors (Lipinski definition) is 1. The van der Waals surface area contributed by atoms with Crippen molar-refractivity contribution >= 4 is 0 Å². The largest absolute Gasteiger partial charge is 0.316 e. The highest BCUT2D eigenvalue weighted by molar-refractivity contribution is 5.17. The highest BCUT2D eigenvalue weighted by atomic mass is 14.9. The molecule has 0 radical (unpaired) electrons. The molecular weight excluding hydrogens is 206 g/mol. The molecule has 1 N–H and O–H groups in total. The summed E-state index contributed by atoms with van der Waals surface area (Å²) in [5.41, 5.74) is 1.47. The molecule has 0 bridgehead atoms. The van der Waals surface area contributed by atoms with Gasteiger partial charge in [0, 0.05) is 17.9 Å². The molecular formula is C16H23N. The van der Waals surface area contributed by atoms with Gasteiger partial charge in [0.15, 0.2) is 0 Å². The molecule has 0 saturated heterocycles. The molecule has 0 heterocycles. The van der Waals surface area contributed by atoms with E-state index in [-0.39, 0.29) is 5.41 Å². The number of benzene rings is 1. The van der Waals surface area contributed by atoms with E-state index in [0.29, 0.717) is 6.04 Å². The summed E-state index contributed by atoms with van der Waals surface area (Å²) < 4.78 is 0. The monoisotopic (exact) mass is 229 g/mol. The minimum absolute atomic E-state index is 0.102. The van der Waals surface area contributed by atoms with Gasteiger partial charge in [-0.05, 0) is 39.8 Å². The van der Waals surface area contributed by atoms with E-state index in [2.05, 4.69) is 68.3 Å². The maximum atomic E-state index is 3.33. The van der Waals surface area contributed by atoms with Gasteiger partial charge in [-0.15, -0.1) is 5.92 Å². The van der Waals surface area contributed by atoms with Gasteiger partial charge in [0.2, 0.25) is 0 Å². The maximum absolute atomic E-state index is 3.33. The average Bonchev–Trinajstić information content (AvgIpc) is 2.27. The Labute approximate surface area is 106 Å². The fraction of sp³-hybridized carbons (Fsp3) is 0.500. The lowest BCUT2D eigenvalue weighted by molar-refractivity contribution is 0.558. The minimum atomic E-state index is 0.102. The first-order valence-corrected chi connectivity index (χ1v) is 6.22. The van der Waals surface area contributed by atoms with Crippen molar-refractivity contribution in [1.29, 1.82) is 0 Å². The Morgan fingerprint density at radius 1 is 1.18 bits per heavy atom. The van der Waals surface area contributed by atoms with Crippen LogP contribution in [0.15, 0.2) is 30.3 Å². The van der Waals surface area contributed by atoms with Crippen LogP contribution in [0.3, 0.4) is 0 Å². The molecule has 0 spiro atoms. The summed E-state index contributed by atoms with van der Waals surface area (Å²) in [5, 5.41) is 3.33. The molecule has 1 aromatic carbocycles. The quantitative estimate of drug-likeness (QED) is 0.781. The summed E-state index contributed by atoms with van der Waals surface area (Å²) >= 11 is 0. The summed E-state index contributed by atoms with van der Waals surface area (Å²) in [6.45, 7) is 6.43. The Kier molecular flexibility index (Phi) is 5.25. The van der Waals surface area contributed by atoms with Crippen LogP contribution >= 0.6 is 0 Å². The normalized spacial score (nSPS) is 12.7. The summed E-state index contributed by atoms with van der Waals surface area (Å²) in [7, 11) is 2.01. The molecule has 1 rings (SSSR count). The molecule has 0 aliphatic carbocycles. The zero-order chi connectivity index (χ0) is 12.7. The van der Waals surface area contributed by atoms with Gasteiger partial charge < -0.3 is 5.32 Å². The van der Waals surface area contributed by atoms with Gasteiger partial charge in [0.25, 0.3) is 0 Å². The van der Waals surface area contributed by atoms with Crippen LogP contribution < -0.4 is 5.32 Å². The van der Waals surface area contributed by atoms with Crippen LogP contribution in [-0.4, -0.2) is 13.1 Å². The molecule has 92 valence electrons. The van der Waals surface area contributed by atoms with Crippen molar-refractivity contribution in [3.05, 3.63) is 35.9 Å². The standard InChI is InChI=1S/C16H23N/c1-16(2,3)12-8-11-15(17-4)13-14-9-6-5-7-10-14/h5-7,9-10,15,17H,11,13H2,1-4H3. The first kappa shape index (κ1) is 13.8. The molecule has 0 fully saturated rings. The SMILES string of the molecule is CNC(CC#CC(C)(C)C)Cc1ccccc1. The van der Waals surface area contributed by atoms with Crippen molar-refractivity contribution in [3.63, 3.8) is 0 Å². The van der Waals surface area contributed by atoms with Gasteiger partial charge in [-0.2, -0.15) is 0 Å². The van der Waals surface area contributed by atoms with Crippen LogP contribution in [0.5, 0.6) is 0 Å². The molecule has 1 heteroatoms. The van der Waals surface area contributed by atoms with Gasteiger partial charge >= 0.3 is 0 Å². The van der Waals surface area contributed by atoms with E-state index in [9.17, 15) is 0 Å². The third-order valence-electron chi connectivity index (χ3n) is 2.55. The van der Waals surface area contributed by atoms with Crippen molar-refractivity contribution in [2.24, 2.45) is 5.41 Å². The molecule has 0 saturated carbocycles. The lowest BCUT2D eigenvalue weighted by atomic mass is 9.97. The Balaban J connectivity index is 2.52. The molecule has 17 heavy (non-hydrogen) atoms. The third-order valence-corrected chi connectivity index (χ3v) is 2.55. The molecule has 0 aromatic heterocycles. The van der Waals surface area contributed by atoms with Crippen LogP contribution in [0.1, 0.15) is 32.8 Å². The zero-order valence-electron chi connectivity index (χ0n) is 11.4. The molecule has 0 aliphatic heterocycles. The smallest absolute Gasteiger partial charge is 0.0246 e. The van der Waals surface area contributed by atoms with E-state index < -0.39 is 0 Å². The van der Waals surface area contributed by atoms with Crippen molar-refractivity contribution in [2.75, 3.05) is 7.05 Å². The Morgan fingerprint density at radius 2 is 1.82 bits per heavy atom. The van der Waals surface area contributed by atoms with Gasteiger partial charge in [-0.1, -0.05) is 36.3 Å². The van der Waals surface area contributed by atoms with Crippen molar-refractivity contribution < 1.29 is 0 Å². The van der Waals surface area contributed by atoms with Gasteiger partial charge in [-0.3, -0.25) is 0 Å². The number of rotatable bonds is 4. The van der Waals surface area contributed by atoms with Crippen LogP contribution in [0, 0.1) is 17.3 Å². The summed E-state index contributed by atoms with van der Waals surface area (Å²) in [6.07, 6.45) is 1.94. The van der Waals surface area contributed by atoms with E-state index in [1.54, 1.807) is 0 Å². The van der Waals surface area contributed by atoms with Crippen molar-refractivity contribution in [3.8, 4) is 11.8 Å². The highest BCUT2D eigenvalue weighted by Gasteiger charge is 2.07. The maximum Gasteiger partial charge on any atom is 0.0246 e. The summed E-state index contributed by atoms with van der Waals surface area (Å²) in [4.78, 5) is 0. The van der Waals surface area contributed by atoms with E-state index in [4.69, 9.17) is 0 Å². The number of hydrogen-bond acceptors (Lipinski definition) is 1. The lowest BCUT2D eigenvalue weighted by Gasteiger charge is -2.13. The van der Waals surface area contributed by atoms with E-state index >= 15 is 0 Å². The van der Waals surface area contributed by atoms with Crippen molar-refractivity contribution in [2.45, 2.75) is 39.7 Å². The Hall–Kier alpha value is -1.26. The zero-order valence-corrected chi connectivity index (χ0v) is 11.4. The van der Waals surface area contributed by atoms with E-state index in [1.807, 2.05) is 7.05 Å². The van der Waals surface area contributed by atoms with Crippen molar-refractivity contribution in [1.82, 2.24) is 5.32 Å². The Morgan fingerprint density at radius 3 is 2.35 bits per heavy atom. The van der Waals surface area contributed by atoms with Gasteiger partial charge in [0.05, 0.1) is 0 Å². The Bertz CT molecular complexity index is 375. The van der Waals surface area contributed by atoms with Crippen LogP contribution in [-0.2, 0) is 6.42 Å².